The average molecular weight is 292 g/mol. The second-order valence-electron chi connectivity index (χ2n) is 4.31. The molecule has 6 heteroatoms. The summed E-state index contributed by atoms with van der Waals surface area (Å²) in [6.45, 7) is 0.323. The van der Waals surface area contributed by atoms with Gasteiger partial charge in [0.15, 0.2) is 0 Å². The van der Waals surface area contributed by atoms with Gasteiger partial charge in [-0.3, -0.25) is 4.98 Å². The zero-order chi connectivity index (χ0) is 14.4. The van der Waals surface area contributed by atoms with Crippen LogP contribution >= 0.6 is 0 Å². The lowest BCUT2D eigenvalue weighted by Gasteiger charge is -2.06. The topological polar surface area (TPSA) is 79.3 Å². The lowest BCUT2D eigenvalue weighted by Crippen LogP contribution is -2.26. The van der Waals surface area contributed by atoms with E-state index in [1.54, 1.807) is 6.07 Å². The fourth-order valence-electron chi connectivity index (χ4n) is 1.73. The van der Waals surface area contributed by atoms with E-state index in [1.807, 2.05) is 24.3 Å². The number of pyridine rings is 1. The number of sulfonamides is 1. The van der Waals surface area contributed by atoms with Gasteiger partial charge in [0.25, 0.3) is 0 Å². The minimum absolute atomic E-state index is 0.00785. The maximum atomic E-state index is 11.9. The molecule has 5 nitrogen and oxygen atoms in total. The molecule has 0 fully saturated rings. The van der Waals surface area contributed by atoms with Crippen molar-refractivity contribution in [3.05, 3.63) is 59.9 Å². The van der Waals surface area contributed by atoms with Gasteiger partial charge in [-0.25, -0.2) is 13.1 Å². The second kappa shape index (κ2) is 6.60. The molecule has 1 aromatic heterocycles. The van der Waals surface area contributed by atoms with Crippen LogP contribution in [-0.4, -0.2) is 25.1 Å². The highest BCUT2D eigenvalue weighted by atomic mass is 32.2. The van der Waals surface area contributed by atoms with Crippen LogP contribution in [0.2, 0.25) is 0 Å². The molecule has 0 amide bonds. The van der Waals surface area contributed by atoms with Crippen molar-refractivity contribution in [2.75, 3.05) is 6.54 Å². The molecular formula is C14H16N2O3S. The zero-order valence-electron chi connectivity index (χ0n) is 10.9. The van der Waals surface area contributed by atoms with Gasteiger partial charge in [-0.05, 0) is 29.7 Å². The van der Waals surface area contributed by atoms with Crippen LogP contribution in [0.15, 0.2) is 53.7 Å². The van der Waals surface area contributed by atoms with E-state index < -0.39 is 10.0 Å². The van der Waals surface area contributed by atoms with Gasteiger partial charge in [-0.2, -0.15) is 0 Å². The highest BCUT2D eigenvalue weighted by molar-refractivity contribution is 7.89. The maximum absolute atomic E-state index is 11.9. The highest BCUT2D eigenvalue weighted by Gasteiger charge is 2.12. The minimum atomic E-state index is -3.50. The molecule has 1 aromatic carbocycles. The monoisotopic (exact) mass is 292 g/mol. The van der Waals surface area contributed by atoms with Gasteiger partial charge < -0.3 is 5.11 Å². The van der Waals surface area contributed by atoms with Crippen molar-refractivity contribution in [2.45, 2.75) is 17.9 Å². The first kappa shape index (κ1) is 14.6. The van der Waals surface area contributed by atoms with Crippen LogP contribution in [0, 0.1) is 0 Å². The minimum Gasteiger partial charge on any atom is -0.392 e. The van der Waals surface area contributed by atoms with Crippen molar-refractivity contribution >= 4 is 10.0 Å². The second-order valence-corrected chi connectivity index (χ2v) is 6.08. The Morgan fingerprint density at radius 1 is 1.10 bits per heavy atom. The van der Waals surface area contributed by atoms with E-state index in [2.05, 4.69) is 9.71 Å². The summed E-state index contributed by atoms with van der Waals surface area (Å²) in [5.41, 5.74) is 1.85. The molecule has 0 aliphatic rings. The first-order valence-corrected chi connectivity index (χ1v) is 7.68. The molecule has 1 heterocycles. The lowest BCUT2D eigenvalue weighted by molar-refractivity contribution is 0.282. The van der Waals surface area contributed by atoms with Gasteiger partial charge in [0.05, 0.1) is 6.61 Å². The van der Waals surface area contributed by atoms with Crippen LogP contribution in [0.25, 0.3) is 0 Å². The average Bonchev–Trinajstić information content (AvgIpc) is 2.49. The van der Waals surface area contributed by atoms with Gasteiger partial charge in [0, 0.05) is 18.9 Å². The Hall–Kier alpha value is -1.76. The Bertz CT molecular complexity index is 640. The van der Waals surface area contributed by atoms with E-state index >= 15 is 0 Å². The summed E-state index contributed by atoms with van der Waals surface area (Å²) in [6, 6.07) is 10.5. The van der Waals surface area contributed by atoms with Crippen molar-refractivity contribution in [2.24, 2.45) is 0 Å². The molecule has 0 radical (unpaired) electrons. The van der Waals surface area contributed by atoms with Crippen LogP contribution < -0.4 is 4.72 Å². The first-order chi connectivity index (χ1) is 9.62. The van der Waals surface area contributed by atoms with Crippen LogP contribution in [0.5, 0.6) is 0 Å². The smallest absolute Gasteiger partial charge is 0.242 e. The number of aliphatic hydroxyl groups is 1. The largest absolute Gasteiger partial charge is 0.392 e. The van der Waals surface area contributed by atoms with Crippen LogP contribution in [0.4, 0.5) is 0 Å². The molecule has 20 heavy (non-hydrogen) atoms. The number of aliphatic hydroxyl groups excluding tert-OH is 1. The van der Waals surface area contributed by atoms with E-state index in [-0.39, 0.29) is 11.5 Å². The summed E-state index contributed by atoms with van der Waals surface area (Å²) in [6.07, 6.45) is 3.44. The SMILES string of the molecule is O=S(=O)(NCCc1ccc(CO)cc1)c1cccnc1. The molecule has 0 bridgehead atoms. The molecule has 2 N–H and O–H groups in total. The fraction of sp³-hybridized carbons (Fsp3) is 0.214. The molecule has 0 unspecified atom stereocenters. The fourth-order valence-corrected chi connectivity index (χ4v) is 2.73. The van der Waals surface area contributed by atoms with Gasteiger partial charge in [0.2, 0.25) is 10.0 Å². The maximum Gasteiger partial charge on any atom is 0.242 e. The van der Waals surface area contributed by atoms with Crippen molar-refractivity contribution in [1.82, 2.24) is 9.71 Å². The van der Waals surface area contributed by atoms with Crippen LogP contribution in [0.3, 0.4) is 0 Å². The lowest BCUT2D eigenvalue weighted by atomic mass is 10.1. The Balaban J connectivity index is 1.92. The molecule has 0 saturated carbocycles. The van der Waals surface area contributed by atoms with Crippen molar-refractivity contribution in [3.8, 4) is 0 Å². The first-order valence-electron chi connectivity index (χ1n) is 6.20. The summed E-state index contributed by atoms with van der Waals surface area (Å²) in [4.78, 5) is 3.96. The number of aromatic nitrogens is 1. The number of nitrogens with one attached hydrogen (secondary N) is 1. The van der Waals surface area contributed by atoms with E-state index in [0.29, 0.717) is 13.0 Å². The molecule has 106 valence electrons. The van der Waals surface area contributed by atoms with E-state index in [1.165, 1.54) is 18.5 Å². The Kier molecular flexibility index (Phi) is 4.84. The Labute approximate surface area is 118 Å². The van der Waals surface area contributed by atoms with Crippen molar-refractivity contribution in [1.29, 1.82) is 0 Å². The van der Waals surface area contributed by atoms with Crippen LogP contribution in [0.1, 0.15) is 11.1 Å². The predicted octanol–water partition coefficient (Wildman–Crippen LogP) is 1.09. The third-order valence-corrected chi connectivity index (χ3v) is 4.30. The third-order valence-electron chi connectivity index (χ3n) is 2.86. The van der Waals surface area contributed by atoms with Gasteiger partial charge >= 0.3 is 0 Å². The molecule has 2 aromatic rings. The quantitative estimate of drug-likeness (QED) is 0.835. The normalized spacial score (nSPS) is 11.4. The molecule has 0 aliphatic carbocycles. The number of hydrogen-bond acceptors (Lipinski definition) is 4. The molecule has 0 spiro atoms. The van der Waals surface area contributed by atoms with E-state index in [0.717, 1.165) is 11.1 Å². The van der Waals surface area contributed by atoms with Crippen molar-refractivity contribution in [3.63, 3.8) is 0 Å². The zero-order valence-corrected chi connectivity index (χ0v) is 11.7. The van der Waals surface area contributed by atoms with Gasteiger partial charge in [-0.15, -0.1) is 0 Å². The molecule has 2 rings (SSSR count). The third kappa shape index (κ3) is 3.86. The van der Waals surface area contributed by atoms with E-state index in [4.69, 9.17) is 5.11 Å². The molecule has 0 saturated heterocycles. The summed E-state index contributed by atoms with van der Waals surface area (Å²) in [5.74, 6) is 0. The molecular weight excluding hydrogens is 276 g/mol. The van der Waals surface area contributed by atoms with E-state index in [9.17, 15) is 8.42 Å². The van der Waals surface area contributed by atoms with Gasteiger partial charge in [-0.1, -0.05) is 24.3 Å². The molecule has 0 aliphatic heterocycles. The Morgan fingerprint density at radius 2 is 1.80 bits per heavy atom. The van der Waals surface area contributed by atoms with Crippen molar-refractivity contribution < 1.29 is 13.5 Å². The summed E-state index contributed by atoms with van der Waals surface area (Å²) >= 11 is 0. The number of benzene rings is 1. The summed E-state index contributed by atoms with van der Waals surface area (Å²) in [5, 5.41) is 8.94. The number of nitrogens with zero attached hydrogens (tertiary/aromatic N) is 1. The highest BCUT2D eigenvalue weighted by Crippen LogP contribution is 2.07. The summed E-state index contributed by atoms with van der Waals surface area (Å²) in [7, 11) is -3.50. The molecule has 0 atom stereocenters. The standard InChI is InChI=1S/C14H16N2O3S/c17-11-13-5-3-12(4-6-13)7-9-16-20(18,19)14-2-1-8-15-10-14/h1-6,8,10,16-17H,7,9,11H2. The number of rotatable bonds is 6. The number of hydrogen-bond donors (Lipinski definition) is 2. The van der Waals surface area contributed by atoms with Gasteiger partial charge in [0.1, 0.15) is 4.90 Å². The predicted molar refractivity (Wildman–Crippen MR) is 75.5 cm³/mol. The Morgan fingerprint density at radius 3 is 2.40 bits per heavy atom. The van der Waals surface area contributed by atoms with Crippen LogP contribution in [-0.2, 0) is 23.1 Å². The summed E-state index contributed by atoms with van der Waals surface area (Å²) < 4.78 is 26.4.